The Morgan fingerprint density at radius 2 is 2.25 bits per heavy atom. The number of carbonyl (C=O) groups is 1. The van der Waals surface area contributed by atoms with Gasteiger partial charge in [-0.25, -0.2) is 13.7 Å². The minimum absolute atomic E-state index is 0.111. The minimum Gasteiger partial charge on any atom is -0.453 e. The van der Waals surface area contributed by atoms with Crippen LogP contribution in [0, 0.1) is 0 Å². The van der Waals surface area contributed by atoms with E-state index in [9.17, 15) is 17.8 Å². The molecule has 5 nitrogen and oxygen atoms in total. The molecule has 0 aromatic carbocycles. The van der Waals surface area contributed by atoms with Gasteiger partial charge >= 0.3 is 11.9 Å². The molecule has 16 heavy (non-hydrogen) atoms. The topological polar surface area (TPSA) is 58.6 Å². The lowest BCUT2D eigenvalue weighted by atomic mass is 10.2. The molecule has 3 atom stereocenters. The van der Waals surface area contributed by atoms with Crippen molar-refractivity contribution >= 4 is 17.1 Å². The highest BCUT2D eigenvalue weighted by molar-refractivity contribution is 7.83. The van der Waals surface area contributed by atoms with Gasteiger partial charge in [0, 0.05) is 18.6 Å². The van der Waals surface area contributed by atoms with Gasteiger partial charge in [0.25, 0.3) is 0 Å². The first-order chi connectivity index (χ1) is 7.45. The predicted octanol–water partition coefficient (Wildman–Crippen LogP) is 0.691. The zero-order valence-corrected chi connectivity index (χ0v) is 9.80. The zero-order chi connectivity index (χ0) is 12.3. The number of methoxy groups -OCH3 is 1. The average Bonchev–Trinajstić information content (AvgIpc) is 2.58. The fourth-order valence-corrected chi connectivity index (χ4v) is 2.31. The third-order valence-electron chi connectivity index (χ3n) is 2.43. The summed E-state index contributed by atoms with van der Waals surface area (Å²) in [6, 6.07) is -0.497. The predicted molar refractivity (Wildman–Crippen MR) is 54.3 cm³/mol. The lowest BCUT2D eigenvalue weighted by Gasteiger charge is -2.19. The quantitative estimate of drug-likeness (QED) is 0.808. The number of alkyl halides is 2. The van der Waals surface area contributed by atoms with Crippen LogP contribution in [0.15, 0.2) is 0 Å². The number of likely N-dealkylation sites (tertiary alicyclic amines) is 1. The fraction of sp³-hybridized carbons (Fsp3) is 0.875. The first kappa shape index (κ1) is 13.3. The summed E-state index contributed by atoms with van der Waals surface area (Å²) in [7, 11) is -1.11. The summed E-state index contributed by atoms with van der Waals surface area (Å²) in [5.74, 6) is -2.91. The number of nitrogens with one attached hydrogen (secondary N) is 1. The van der Waals surface area contributed by atoms with Crippen LogP contribution in [0.1, 0.15) is 13.3 Å². The van der Waals surface area contributed by atoms with E-state index >= 15 is 0 Å². The van der Waals surface area contributed by atoms with E-state index in [0.29, 0.717) is 6.42 Å². The molecular formula is C8H14F2N2O3S. The summed E-state index contributed by atoms with van der Waals surface area (Å²) in [5.41, 5.74) is 0. The van der Waals surface area contributed by atoms with Crippen LogP contribution < -0.4 is 4.72 Å². The molecule has 1 aliphatic heterocycles. The molecule has 1 N–H and O–H groups in total. The number of rotatable bonds is 3. The van der Waals surface area contributed by atoms with E-state index in [1.807, 2.05) is 0 Å². The number of amides is 1. The Morgan fingerprint density at radius 1 is 1.62 bits per heavy atom. The SMILES string of the molecule is COC(=O)N1CC(NS(=O)C(F)F)CC1C. The molecule has 0 bridgehead atoms. The molecule has 1 heterocycles. The molecule has 1 rings (SSSR count). The third-order valence-corrected chi connectivity index (χ3v) is 3.32. The molecule has 1 saturated heterocycles. The highest BCUT2D eigenvalue weighted by Crippen LogP contribution is 2.19. The van der Waals surface area contributed by atoms with E-state index in [4.69, 9.17) is 0 Å². The minimum atomic E-state index is -2.91. The van der Waals surface area contributed by atoms with Crippen LogP contribution in [0.3, 0.4) is 0 Å². The van der Waals surface area contributed by atoms with E-state index in [1.54, 1.807) is 6.92 Å². The molecule has 8 heteroatoms. The number of carbonyl (C=O) groups excluding carboxylic acids is 1. The molecule has 1 amide bonds. The van der Waals surface area contributed by atoms with Gasteiger partial charge in [0.1, 0.15) is 0 Å². The van der Waals surface area contributed by atoms with Crippen LogP contribution in [-0.4, -0.2) is 46.7 Å². The van der Waals surface area contributed by atoms with E-state index in [2.05, 4.69) is 9.46 Å². The Labute approximate surface area is 94.7 Å². The van der Waals surface area contributed by atoms with Gasteiger partial charge in [0.15, 0.2) is 11.0 Å². The number of halogens is 2. The number of ether oxygens (including phenoxy) is 1. The first-order valence-electron chi connectivity index (χ1n) is 4.75. The largest absolute Gasteiger partial charge is 0.453 e. The summed E-state index contributed by atoms with van der Waals surface area (Å²) in [6.45, 7) is 2.01. The maximum Gasteiger partial charge on any atom is 0.409 e. The van der Waals surface area contributed by atoms with Gasteiger partial charge in [-0.2, -0.15) is 8.78 Å². The average molecular weight is 256 g/mol. The molecule has 0 saturated carbocycles. The van der Waals surface area contributed by atoms with Crippen molar-refractivity contribution in [1.29, 1.82) is 0 Å². The molecule has 94 valence electrons. The molecule has 3 unspecified atom stereocenters. The lowest BCUT2D eigenvalue weighted by Crippen LogP contribution is -2.38. The second-order valence-corrected chi connectivity index (χ2v) is 4.77. The van der Waals surface area contributed by atoms with E-state index in [-0.39, 0.29) is 18.6 Å². The Morgan fingerprint density at radius 3 is 2.75 bits per heavy atom. The number of hydrogen-bond donors (Lipinski definition) is 1. The van der Waals surface area contributed by atoms with Crippen molar-refractivity contribution in [2.45, 2.75) is 31.2 Å². The van der Waals surface area contributed by atoms with Crippen LogP contribution in [0.4, 0.5) is 13.6 Å². The van der Waals surface area contributed by atoms with Gasteiger partial charge in [0.05, 0.1) is 7.11 Å². The molecule has 0 aromatic heterocycles. The summed E-state index contributed by atoms with van der Waals surface area (Å²) < 4.78 is 41.8. The van der Waals surface area contributed by atoms with Crippen LogP contribution in [0.25, 0.3) is 0 Å². The van der Waals surface area contributed by atoms with Gasteiger partial charge in [0.2, 0.25) is 0 Å². The maximum atomic E-state index is 12.0. The van der Waals surface area contributed by atoms with Gasteiger partial charge in [-0.15, -0.1) is 0 Å². The second kappa shape index (κ2) is 5.53. The standard InChI is InChI=1S/C8H14F2N2O3S/c1-5-3-6(11-16(14)7(9)10)4-12(5)8(13)15-2/h5-7,11H,3-4H2,1-2H3. The maximum absolute atomic E-state index is 12.0. The van der Waals surface area contributed by atoms with Crippen molar-refractivity contribution < 1.29 is 22.5 Å². The Balaban J connectivity index is 2.50. The Bertz CT molecular complexity index is 290. The normalized spacial score (nSPS) is 27.2. The fourth-order valence-electron chi connectivity index (χ4n) is 1.70. The summed E-state index contributed by atoms with van der Waals surface area (Å²) >= 11 is 0. The van der Waals surface area contributed by atoms with Crippen molar-refractivity contribution in [3.05, 3.63) is 0 Å². The van der Waals surface area contributed by atoms with Crippen LogP contribution in [0.5, 0.6) is 0 Å². The highest BCUT2D eigenvalue weighted by Gasteiger charge is 2.34. The zero-order valence-electron chi connectivity index (χ0n) is 8.98. The molecule has 1 aliphatic rings. The van der Waals surface area contributed by atoms with Crippen molar-refractivity contribution in [3.63, 3.8) is 0 Å². The van der Waals surface area contributed by atoms with Crippen molar-refractivity contribution in [2.24, 2.45) is 0 Å². The molecular weight excluding hydrogens is 242 g/mol. The number of nitrogens with zero attached hydrogens (tertiary/aromatic N) is 1. The van der Waals surface area contributed by atoms with Crippen LogP contribution in [0.2, 0.25) is 0 Å². The molecule has 0 aromatic rings. The first-order valence-corrected chi connectivity index (χ1v) is 5.96. The van der Waals surface area contributed by atoms with Crippen LogP contribution in [-0.2, 0) is 15.7 Å². The van der Waals surface area contributed by atoms with E-state index in [1.165, 1.54) is 12.0 Å². The molecule has 0 aliphatic carbocycles. The van der Waals surface area contributed by atoms with Gasteiger partial charge in [-0.3, -0.25) is 0 Å². The Hall–Kier alpha value is -0.760. The monoisotopic (exact) mass is 256 g/mol. The molecule has 0 spiro atoms. The summed E-state index contributed by atoms with van der Waals surface area (Å²) in [5, 5.41) is 0. The van der Waals surface area contributed by atoms with Gasteiger partial charge < -0.3 is 9.64 Å². The smallest absolute Gasteiger partial charge is 0.409 e. The molecule has 1 fully saturated rings. The Kier molecular flexibility index (Phi) is 4.60. The van der Waals surface area contributed by atoms with E-state index in [0.717, 1.165) is 0 Å². The van der Waals surface area contributed by atoms with Crippen molar-refractivity contribution in [3.8, 4) is 0 Å². The van der Waals surface area contributed by atoms with Crippen molar-refractivity contribution in [2.75, 3.05) is 13.7 Å². The highest BCUT2D eigenvalue weighted by atomic mass is 32.2. The molecule has 0 radical (unpaired) electrons. The summed E-state index contributed by atoms with van der Waals surface area (Å²) in [6.07, 6.45) is -0.0206. The van der Waals surface area contributed by atoms with E-state index < -0.39 is 22.8 Å². The van der Waals surface area contributed by atoms with Crippen LogP contribution >= 0.6 is 0 Å². The lowest BCUT2D eigenvalue weighted by molar-refractivity contribution is 0.121. The number of hydrogen-bond acceptors (Lipinski definition) is 3. The summed E-state index contributed by atoms with van der Waals surface area (Å²) in [4.78, 5) is 12.7. The third kappa shape index (κ3) is 3.11. The van der Waals surface area contributed by atoms with Crippen molar-refractivity contribution in [1.82, 2.24) is 9.62 Å². The van der Waals surface area contributed by atoms with Gasteiger partial charge in [-0.1, -0.05) is 0 Å². The van der Waals surface area contributed by atoms with Gasteiger partial charge in [-0.05, 0) is 13.3 Å². The second-order valence-electron chi connectivity index (χ2n) is 3.58.